The first-order chi connectivity index (χ1) is 10.0. The monoisotopic (exact) mass is 300 g/mol. The number of anilines is 2. The maximum absolute atomic E-state index is 13.2. The molecule has 0 aliphatic heterocycles. The van der Waals surface area contributed by atoms with Gasteiger partial charge in [0.15, 0.2) is 0 Å². The number of hydrogen-bond donors (Lipinski definition) is 2. The van der Waals surface area contributed by atoms with Crippen molar-refractivity contribution in [2.45, 2.75) is 6.92 Å². The predicted octanol–water partition coefficient (Wildman–Crippen LogP) is 4.18. The predicted molar refractivity (Wildman–Crippen MR) is 85.3 cm³/mol. The molecule has 3 N–H and O–H groups in total. The van der Waals surface area contributed by atoms with Crippen LogP contribution in [0.4, 0.5) is 15.8 Å². The molecule has 0 radical (unpaired) electrons. The highest BCUT2D eigenvalue weighted by Crippen LogP contribution is 2.28. The fraction of sp³-hybridized carbons (Fsp3) is 0.0625. The maximum atomic E-state index is 13.2. The van der Waals surface area contributed by atoms with E-state index in [9.17, 15) is 9.18 Å². The molecule has 0 unspecified atom stereocenters. The zero-order valence-corrected chi connectivity index (χ0v) is 12.1. The molecule has 0 bridgehead atoms. The smallest absolute Gasteiger partial charge is 0.265 e. The van der Waals surface area contributed by atoms with E-state index in [1.165, 1.54) is 23.5 Å². The van der Waals surface area contributed by atoms with E-state index in [1.807, 2.05) is 6.92 Å². The number of fused-ring (bicyclic) bond motifs is 1. The van der Waals surface area contributed by atoms with Gasteiger partial charge in [0.05, 0.1) is 4.88 Å². The van der Waals surface area contributed by atoms with Gasteiger partial charge >= 0.3 is 0 Å². The van der Waals surface area contributed by atoms with Crippen LogP contribution < -0.4 is 11.1 Å². The normalized spacial score (nSPS) is 10.8. The Kier molecular flexibility index (Phi) is 3.35. The quantitative estimate of drug-likeness (QED) is 0.697. The van der Waals surface area contributed by atoms with Crippen LogP contribution in [0.25, 0.3) is 10.1 Å². The van der Waals surface area contributed by atoms with Crippen molar-refractivity contribution in [1.82, 2.24) is 0 Å². The lowest BCUT2D eigenvalue weighted by atomic mass is 10.1. The number of carbonyl (C=O) groups is 1. The van der Waals surface area contributed by atoms with Crippen LogP contribution in [0.5, 0.6) is 0 Å². The van der Waals surface area contributed by atoms with Crippen LogP contribution >= 0.6 is 11.3 Å². The number of nitrogens with one attached hydrogen (secondary N) is 1. The summed E-state index contributed by atoms with van der Waals surface area (Å²) in [4.78, 5) is 12.8. The first-order valence-electron chi connectivity index (χ1n) is 6.40. The third-order valence-corrected chi connectivity index (χ3v) is 4.43. The largest absolute Gasteiger partial charge is 0.398 e. The van der Waals surface area contributed by atoms with Gasteiger partial charge in [-0.3, -0.25) is 4.79 Å². The molecular weight excluding hydrogens is 287 g/mol. The van der Waals surface area contributed by atoms with Gasteiger partial charge in [-0.1, -0.05) is 12.1 Å². The maximum Gasteiger partial charge on any atom is 0.265 e. The van der Waals surface area contributed by atoms with E-state index in [-0.39, 0.29) is 11.7 Å². The number of thiophene rings is 1. The highest BCUT2D eigenvalue weighted by atomic mass is 32.1. The molecule has 3 nitrogen and oxygen atoms in total. The minimum Gasteiger partial charge on any atom is -0.398 e. The van der Waals surface area contributed by atoms with Crippen LogP contribution in [0, 0.1) is 12.7 Å². The fourth-order valence-corrected chi connectivity index (χ4v) is 3.07. The minimum absolute atomic E-state index is 0.217. The Bertz CT molecular complexity index is 841. The third-order valence-electron chi connectivity index (χ3n) is 3.33. The van der Waals surface area contributed by atoms with Crippen LogP contribution in [0.1, 0.15) is 15.2 Å². The average molecular weight is 300 g/mol. The molecule has 1 heterocycles. The van der Waals surface area contributed by atoms with Crippen molar-refractivity contribution in [3.63, 3.8) is 0 Å². The van der Waals surface area contributed by atoms with Crippen molar-refractivity contribution >= 4 is 38.7 Å². The summed E-state index contributed by atoms with van der Waals surface area (Å²) in [6.07, 6.45) is 0. The van der Waals surface area contributed by atoms with E-state index in [0.29, 0.717) is 16.3 Å². The molecule has 21 heavy (non-hydrogen) atoms. The topological polar surface area (TPSA) is 55.1 Å². The molecule has 3 rings (SSSR count). The van der Waals surface area contributed by atoms with E-state index in [4.69, 9.17) is 5.73 Å². The molecular formula is C16H13FN2OS. The van der Waals surface area contributed by atoms with Gasteiger partial charge in [-0.15, -0.1) is 11.3 Å². The van der Waals surface area contributed by atoms with Gasteiger partial charge in [0.1, 0.15) is 5.82 Å². The molecule has 0 fully saturated rings. The molecule has 2 aromatic carbocycles. The number of benzene rings is 2. The van der Waals surface area contributed by atoms with Crippen molar-refractivity contribution in [3.05, 3.63) is 58.7 Å². The zero-order chi connectivity index (χ0) is 15.0. The molecule has 3 aromatic rings. The minimum atomic E-state index is -0.303. The number of hydrogen-bond acceptors (Lipinski definition) is 3. The van der Waals surface area contributed by atoms with Gasteiger partial charge in [0.2, 0.25) is 0 Å². The Labute approximate surface area is 125 Å². The van der Waals surface area contributed by atoms with E-state index < -0.39 is 0 Å². The molecule has 1 aromatic heterocycles. The lowest BCUT2D eigenvalue weighted by Crippen LogP contribution is -2.11. The second-order valence-corrected chi connectivity index (χ2v) is 5.85. The van der Waals surface area contributed by atoms with Crippen LogP contribution in [0.15, 0.2) is 42.5 Å². The molecule has 0 aliphatic carbocycles. The van der Waals surface area contributed by atoms with E-state index in [2.05, 4.69) is 5.32 Å². The summed E-state index contributed by atoms with van der Waals surface area (Å²) in [5, 5.41) is 3.70. The molecule has 0 aliphatic rings. The van der Waals surface area contributed by atoms with Crippen LogP contribution in [0.2, 0.25) is 0 Å². The Morgan fingerprint density at radius 3 is 2.86 bits per heavy atom. The number of nitrogens with two attached hydrogens (primary N) is 1. The number of amides is 1. The summed E-state index contributed by atoms with van der Waals surface area (Å²) in [6.45, 7) is 1.85. The molecule has 106 valence electrons. The van der Waals surface area contributed by atoms with Gasteiger partial charge in [0, 0.05) is 16.1 Å². The van der Waals surface area contributed by atoms with Crippen LogP contribution in [-0.4, -0.2) is 5.91 Å². The second kappa shape index (κ2) is 5.18. The van der Waals surface area contributed by atoms with Crippen molar-refractivity contribution in [2.24, 2.45) is 0 Å². The lowest BCUT2D eigenvalue weighted by Gasteiger charge is -2.08. The Morgan fingerprint density at radius 2 is 2.05 bits per heavy atom. The Morgan fingerprint density at radius 1 is 1.24 bits per heavy atom. The average Bonchev–Trinajstić information content (AvgIpc) is 2.87. The standard InChI is InChI=1S/C16H13FN2OS/c1-9-12(18)3-2-4-13(9)19-16(20)15-7-10-5-6-11(17)8-14(10)21-15/h2-8H,18H2,1H3,(H,19,20). The van der Waals surface area contributed by atoms with Crippen molar-refractivity contribution in [3.8, 4) is 0 Å². The molecule has 1 amide bonds. The second-order valence-electron chi connectivity index (χ2n) is 4.77. The van der Waals surface area contributed by atoms with Crippen molar-refractivity contribution < 1.29 is 9.18 Å². The number of nitrogen functional groups attached to an aromatic ring is 1. The van der Waals surface area contributed by atoms with E-state index >= 15 is 0 Å². The zero-order valence-electron chi connectivity index (χ0n) is 11.3. The Balaban J connectivity index is 1.91. The number of carbonyl (C=O) groups excluding carboxylic acids is 1. The number of halogens is 1. The van der Waals surface area contributed by atoms with Gasteiger partial charge in [-0.2, -0.15) is 0 Å². The number of rotatable bonds is 2. The summed E-state index contributed by atoms with van der Waals surface area (Å²) >= 11 is 1.27. The first-order valence-corrected chi connectivity index (χ1v) is 7.22. The lowest BCUT2D eigenvalue weighted by molar-refractivity contribution is 0.103. The van der Waals surface area contributed by atoms with E-state index in [0.717, 1.165) is 15.6 Å². The summed E-state index contributed by atoms with van der Waals surface area (Å²) < 4.78 is 13.9. The summed E-state index contributed by atoms with van der Waals surface area (Å²) in [7, 11) is 0. The van der Waals surface area contributed by atoms with Crippen molar-refractivity contribution in [1.29, 1.82) is 0 Å². The Hall–Kier alpha value is -2.40. The summed E-state index contributed by atoms with van der Waals surface area (Å²) in [6, 6.07) is 11.6. The molecule has 0 saturated heterocycles. The molecule has 0 atom stereocenters. The first kappa shape index (κ1) is 13.6. The van der Waals surface area contributed by atoms with Crippen LogP contribution in [0.3, 0.4) is 0 Å². The van der Waals surface area contributed by atoms with Crippen molar-refractivity contribution in [2.75, 3.05) is 11.1 Å². The highest BCUT2D eigenvalue weighted by molar-refractivity contribution is 7.20. The van der Waals surface area contributed by atoms with Gasteiger partial charge in [-0.25, -0.2) is 4.39 Å². The molecule has 0 saturated carbocycles. The van der Waals surface area contributed by atoms with Gasteiger partial charge in [0.25, 0.3) is 5.91 Å². The molecule has 0 spiro atoms. The SMILES string of the molecule is Cc1c(N)cccc1NC(=O)c1cc2ccc(F)cc2s1. The van der Waals surface area contributed by atoms with Crippen LogP contribution in [-0.2, 0) is 0 Å². The van der Waals surface area contributed by atoms with E-state index in [1.54, 1.807) is 30.3 Å². The molecule has 5 heteroatoms. The third kappa shape index (κ3) is 2.60. The summed E-state index contributed by atoms with van der Waals surface area (Å²) in [5.41, 5.74) is 7.97. The fourth-order valence-electron chi connectivity index (χ4n) is 2.09. The summed E-state index contributed by atoms with van der Waals surface area (Å²) in [5.74, 6) is -0.520. The van der Waals surface area contributed by atoms with Gasteiger partial charge < -0.3 is 11.1 Å². The van der Waals surface area contributed by atoms with Gasteiger partial charge in [-0.05, 0) is 48.2 Å². The highest BCUT2D eigenvalue weighted by Gasteiger charge is 2.12.